The van der Waals surface area contributed by atoms with Crippen molar-refractivity contribution in [3.63, 3.8) is 0 Å². The molecule has 0 aromatic heterocycles. The maximum Gasteiger partial charge on any atom is 0.415 e. The molecule has 0 unspecified atom stereocenters. The van der Waals surface area contributed by atoms with Crippen LogP contribution < -0.4 is 9.46 Å². The van der Waals surface area contributed by atoms with Gasteiger partial charge >= 0.3 is 6.09 Å². The summed E-state index contributed by atoms with van der Waals surface area (Å²) >= 11 is 0. The number of hydrogen-bond acceptors (Lipinski definition) is 4. The van der Waals surface area contributed by atoms with Crippen LogP contribution in [0.5, 0.6) is 5.75 Å². The molecule has 0 radical (unpaired) electrons. The van der Waals surface area contributed by atoms with E-state index in [2.05, 4.69) is 4.72 Å². The predicted molar refractivity (Wildman–Crippen MR) is 79.7 cm³/mol. The van der Waals surface area contributed by atoms with Crippen LogP contribution in [0.3, 0.4) is 0 Å². The topological polar surface area (TPSA) is 75.7 Å². The molecule has 1 saturated heterocycles. The first-order valence-corrected chi connectivity index (χ1v) is 8.67. The zero-order chi connectivity index (χ0) is 15.3. The number of para-hydroxylation sites is 1. The van der Waals surface area contributed by atoms with Gasteiger partial charge in [-0.05, 0) is 31.9 Å². The lowest BCUT2D eigenvalue weighted by Crippen LogP contribution is -2.47. The number of rotatable bonds is 4. The first-order chi connectivity index (χ1) is 10.00. The highest BCUT2D eigenvalue weighted by molar-refractivity contribution is 7.89. The van der Waals surface area contributed by atoms with Gasteiger partial charge in [-0.15, -0.1) is 0 Å². The molecular formula is C14H20N2O4S. The van der Waals surface area contributed by atoms with Crippen molar-refractivity contribution < 1.29 is 17.9 Å². The molecule has 1 heterocycles. The summed E-state index contributed by atoms with van der Waals surface area (Å²) in [7, 11) is -3.19. The largest absolute Gasteiger partial charge is 0.415 e. The van der Waals surface area contributed by atoms with Crippen molar-refractivity contribution >= 4 is 16.1 Å². The molecule has 1 aliphatic rings. The van der Waals surface area contributed by atoms with E-state index in [-0.39, 0.29) is 11.8 Å². The molecule has 116 valence electrons. The van der Waals surface area contributed by atoms with Gasteiger partial charge in [0.05, 0.1) is 5.75 Å². The van der Waals surface area contributed by atoms with E-state index < -0.39 is 16.1 Å². The quantitative estimate of drug-likeness (QED) is 0.916. The summed E-state index contributed by atoms with van der Waals surface area (Å²) in [6.45, 7) is 2.58. The number of hydrogen-bond donors (Lipinski definition) is 1. The van der Waals surface area contributed by atoms with Crippen molar-refractivity contribution in [2.75, 3.05) is 18.8 Å². The van der Waals surface area contributed by atoms with Crippen LogP contribution in [0.25, 0.3) is 0 Å². The third kappa shape index (κ3) is 4.71. The molecule has 0 saturated carbocycles. The zero-order valence-electron chi connectivity index (χ0n) is 12.0. The molecule has 21 heavy (non-hydrogen) atoms. The fourth-order valence-electron chi connectivity index (χ4n) is 2.17. The van der Waals surface area contributed by atoms with Crippen LogP contribution >= 0.6 is 0 Å². The maximum atomic E-state index is 12.0. The third-order valence-electron chi connectivity index (χ3n) is 3.43. The summed E-state index contributed by atoms with van der Waals surface area (Å²) in [5.41, 5.74) is 0. The molecule has 1 aliphatic heterocycles. The second-order valence-corrected chi connectivity index (χ2v) is 7.01. The average molecular weight is 312 g/mol. The van der Waals surface area contributed by atoms with E-state index in [1.165, 1.54) is 0 Å². The molecule has 0 aliphatic carbocycles. The van der Waals surface area contributed by atoms with Gasteiger partial charge in [0.25, 0.3) is 0 Å². The Morgan fingerprint density at radius 3 is 2.48 bits per heavy atom. The van der Waals surface area contributed by atoms with Crippen LogP contribution in [0, 0.1) is 0 Å². The summed E-state index contributed by atoms with van der Waals surface area (Å²) in [5, 5.41) is 0. The van der Waals surface area contributed by atoms with Crippen molar-refractivity contribution in [2.45, 2.75) is 25.8 Å². The Labute approximate surface area is 125 Å². The minimum atomic E-state index is -3.19. The van der Waals surface area contributed by atoms with Crippen LogP contribution in [0.15, 0.2) is 30.3 Å². The van der Waals surface area contributed by atoms with Crippen LogP contribution in [-0.2, 0) is 10.0 Å². The Hall–Kier alpha value is -1.60. The van der Waals surface area contributed by atoms with Gasteiger partial charge in [0.2, 0.25) is 10.0 Å². The standard InChI is InChI=1S/C14H20N2O4S/c1-2-21(18,19)15-12-8-10-16(11-9-12)14(17)20-13-6-4-3-5-7-13/h3-7,12,15H,2,8-11H2,1H3. The number of nitrogens with one attached hydrogen (secondary N) is 1. The predicted octanol–water partition coefficient (Wildman–Crippen LogP) is 1.59. The van der Waals surface area contributed by atoms with Crippen LogP contribution in [-0.4, -0.2) is 44.3 Å². The number of nitrogens with zero attached hydrogens (tertiary/aromatic N) is 1. The highest BCUT2D eigenvalue weighted by Crippen LogP contribution is 2.15. The summed E-state index contributed by atoms with van der Waals surface area (Å²) in [5.74, 6) is 0.583. The van der Waals surface area contributed by atoms with Gasteiger partial charge in [-0.1, -0.05) is 18.2 Å². The van der Waals surface area contributed by atoms with Crippen molar-refractivity contribution in [1.82, 2.24) is 9.62 Å². The van der Waals surface area contributed by atoms with E-state index in [4.69, 9.17) is 4.74 Å². The monoisotopic (exact) mass is 312 g/mol. The number of amides is 1. The summed E-state index contributed by atoms with van der Waals surface area (Å²) < 4.78 is 30.9. The normalized spacial score (nSPS) is 16.7. The number of carbonyl (C=O) groups is 1. The number of piperidine rings is 1. The van der Waals surface area contributed by atoms with E-state index in [1.807, 2.05) is 6.07 Å². The second kappa shape index (κ2) is 6.91. The Morgan fingerprint density at radius 1 is 1.29 bits per heavy atom. The molecule has 1 fully saturated rings. The van der Waals surface area contributed by atoms with Gasteiger partial charge in [0.1, 0.15) is 5.75 Å². The first-order valence-electron chi connectivity index (χ1n) is 7.02. The Balaban J connectivity index is 1.82. The van der Waals surface area contributed by atoms with E-state index in [0.29, 0.717) is 31.7 Å². The summed E-state index contributed by atoms with van der Waals surface area (Å²) in [4.78, 5) is 13.6. The minimum Gasteiger partial charge on any atom is -0.410 e. The Bertz CT molecular complexity index is 566. The van der Waals surface area contributed by atoms with Gasteiger partial charge in [-0.25, -0.2) is 17.9 Å². The number of likely N-dealkylation sites (tertiary alicyclic amines) is 1. The van der Waals surface area contributed by atoms with Gasteiger partial charge in [-0.3, -0.25) is 0 Å². The van der Waals surface area contributed by atoms with E-state index in [0.717, 1.165) is 0 Å². The second-order valence-electron chi connectivity index (χ2n) is 4.96. The van der Waals surface area contributed by atoms with Gasteiger partial charge in [0, 0.05) is 19.1 Å². The van der Waals surface area contributed by atoms with Gasteiger partial charge in [-0.2, -0.15) is 0 Å². The van der Waals surface area contributed by atoms with E-state index >= 15 is 0 Å². The van der Waals surface area contributed by atoms with Crippen molar-refractivity contribution in [3.05, 3.63) is 30.3 Å². The lowest BCUT2D eigenvalue weighted by molar-refractivity contribution is 0.138. The van der Waals surface area contributed by atoms with Crippen molar-refractivity contribution in [1.29, 1.82) is 0 Å². The lowest BCUT2D eigenvalue weighted by atomic mass is 10.1. The van der Waals surface area contributed by atoms with Crippen LogP contribution in [0.2, 0.25) is 0 Å². The molecule has 1 aromatic rings. The summed E-state index contributed by atoms with van der Waals surface area (Å²) in [6, 6.07) is 8.79. The SMILES string of the molecule is CCS(=O)(=O)NC1CCN(C(=O)Oc2ccccc2)CC1. The third-order valence-corrected chi connectivity index (χ3v) is 4.88. The zero-order valence-corrected chi connectivity index (χ0v) is 12.8. The minimum absolute atomic E-state index is 0.0727. The summed E-state index contributed by atoms with van der Waals surface area (Å²) in [6.07, 6.45) is 0.810. The van der Waals surface area contributed by atoms with E-state index in [9.17, 15) is 13.2 Å². The Morgan fingerprint density at radius 2 is 1.90 bits per heavy atom. The molecule has 1 aromatic carbocycles. The molecule has 1 amide bonds. The molecule has 0 bridgehead atoms. The average Bonchev–Trinajstić information content (AvgIpc) is 2.48. The van der Waals surface area contributed by atoms with E-state index in [1.54, 1.807) is 36.1 Å². The van der Waals surface area contributed by atoms with Gasteiger partial charge < -0.3 is 9.64 Å². The lowest BCUT2D eigenvalue weighted by Gasteiger charge is -2.31. The molecule has 2 rings (SSSR count). The number of benzene rings is 1. The highest BCUT2D eigenvalue weighted by Gasteiger charge is 2.26. The maximum absolute atomic E-state index is 12.0. The van der Waals surface area contributed by atoms with Crippen LogP contribution in [0.1, 0.15) is 19.8 Å². The molecule has 1 N–H and O–H groups in total. The van der Waals surface area contributed by atoms with Crippen molar-refractivity contribution in [3.8, 4) is 5.75 Å². The fraction of sp³-hybridized carbons (Fsp3) is 0.500. The highest BCUT2D eigenvalue weighted by atomic mass is 32.2. The molecule has 6 nitrogen and oxygen atoms in total. The first kappa shape index (κ1) is 15.8. The Kier molecular flexibility index (Phi) is 5.19. The van der Waals surface area contributed by atoms with Crippen molar-refractivity contribution in [2.24, 2.45) is 0 Å². The fourth-order valence-corrected chi connectivity index (χ4v) is 3.08. The molecular weight excluding hydrogens is 292 g/mol. The number of carbonyl (C=O) groups excluding carboxylic acids is 1. The molecule has 7 heteroatoms. The number of sulfonamides is 1. The van der Waals surface area contributed by atoms with Crippen LogP contribution in [0.4, 0.5) is 4.79 Å². The smallest absolute Gasteiger partial charge is 0.410 e. The van der Waals surface area contributed by atoms with Gasteiger partial charge in [0.15, 0.2) is 0 Å². The molecule has 0 atom stereocenters. The number of ether oxygens (including phenoxy) is 1. The molecule has 0 spiro atoms.